The molecule has 5 rings (SSSR count). The monoisotopic (exact) mass is 869 g/mol. The van der Waals surface area contributed by atoms with Gasteiger partial charge in [0, 0.05) is 63.4 Å². The average Bonchev–Trinajstić information content (AvgIpc) is 3.75. The maximum atomic E-state index is 13.4. The molecule has 0 radical (unpaired) electrons. The lowest BCUT2D eigenvalue weighted by atomic mass is 9.95. The number of nitrogens with zero attached hydrogens (tertiary/aromatic N) is 3. The van der Waals surface area contributed by atoms with Gasteiger partial charge in [0.05, 0.1) is 42.6 Å². The first-order chi connectivity index (χ1) is 28.8. The lowest BCUT2D eigenvalue weighted by molar-refractivity contribution is -0.140. The second-order valence-electron chi connectivity index (χ2n) is 13.9. The normalized spacial score (nSPS) is 14.8. The Labute approximate surface area is 349 Å². The molecule has 60 heavy (non-hydrogen) atoms. The summed E-state index contributed by atoms with van der Waals surface area (Å²) < 4.78 is 73.5. The molecule has 0 saturated carbocycles. The number of benzene rings is 3. The first-order valence-corrected chi connectivity index (χ1v) is 22.3. The minimum Gasteiger partial charge on any atom is -0.480 e. The van der Waals surface area contributed by atoms with Crippen LogP contribution in [-0.2, 0) is 50.3 Å². The van der Waals surface area contributed by atoms with E-state index in [9.17, 15) is 36.3 Å². The van der Waals surface area contributed by atoms with E-state index in [1.54, 1.807) is 42.5 Å². The fourth-order valence-corrected chi connectivity index (χ4v) is 8.68. The molecular formula is C40H51N7O11S2. The predicted molar refractivity (Wildman–Crippen MR) is 221 cm³/mol. The number of H-pyrrole nitrogens is 1. The van der Waals surface area contributed by atoms with Crippen molar-refractivity contribution >= 4 is 43.9 Å². The lowest BCUT2D eigenvalue weighted by Crippen LogP contribution is -2.56. The summed E-state index contributed by atoms with van der Waals surface area (Å²) in [6.45, 7) is 2.83. The molecular weight excluding hydrogens is 819 g/mol. The van der Waals surface area contributed by atoms with Gasteiger partial charge in [-0.3, -0.25) is 14.4 Å². The number of ether oxygens (including phenoxy) is 3. The number of amides is 1. The zero-order valence-corrected chi connectivity index (χ0v) is 34.8. The highest BCUT2D eigenvalue weighted by Crippen LogP contribution is 2.32. The van der Waals surface area contributed by atoms with E-state index in [1.165, 1.54) is 36.4 Å². The summed E-state index contributed by atoms with van der Waals surface area (Å²) in [7, 11) is -6.54. The van der Waals surface area contributed by atoms with Crippen LogP contribution in [0.5, 0.6) is 0 Å². The van der Waals surface area contributed by atoms with E-state index in [2.05, 4.69) is 19.4 Å². The summed E-state index contributed by atoms with van der Waals surface area (Å²) in [5.41, 5.74) is 8.43. The number of nitrogens with one attached hydrogen (secondary N) is 3. The summed E-state index contributed by atoms with van der Waals surface area (Å²) in [6, 6.07) is 15.2. The standard InChI is InChI=1S/C40H51N7O11S2/c1-46-36-24-29(25-38-42-16-17-43-38)4-13-34(36)37(49)26-39(46)47(28-48)27-35(40(50)51)45-60(54,55)33-11-7-31(8-12-33)30-5-9-32(10-6-30)59(52,53)44-15-3-19-57-21-23-58-22-20-56-18-2-14-41/h4-13,16-17,24,28,35,39,44-45H,2-3,14-15,18-23,25-27,41H2,1H3,(H,42,43)(H,50,51). The number of carboxylic acid groups (broad SMARTS) is 1. The highest BCUT2D eigenvalue weighted by molar-refractivity contribution is 7.89. The fourth-order valence-electron chi connectivity index (χ4n) is 6.43. The second-order valence-corrected chi connectivity index (χ2v) is 17.4. The van der Waals surface area contributed by atoms with Crippen molar-refractivity contribution in [1.82, 2.24) is 24.3 Å². The molecule has 324 valence electrons. The van der Waals surface area contributed by atoms with Gasteiger partial charge < -0.3 is 39.8 Å². The molecule has 2 atom stereocenters. The fraction of sp³-hybridized carbons (Fsp3) is 0.400. The molecule has 0 saturated heterocycles. The summed E-state index contributed by atoms with van der Waals surface area (Å²) in [4.78, 5) is 47.8. The Morgan fingerprint density at radius 3 is 2.10 bits per heavy atom. The van der Waals surface area contributed by atoms with E-state index in [4.69, 9.17) is 19.9 Å². The molecule has 0 fully saturated rings. The number of Topliss-reactive ketones (excluding diaryl/α,β-unsaturated/α-hetero) is 1. The van der Waals surface area contributed by atoms with Gasteiger partial charge in [0.2, 0.25) is 26.5 Å². The van der Waals surface area contributed by atoms with Crippen LogP contribution in [0.15, 0.2) is 88.9 Å². The largest absolute Gasteiger partial charge is 0.480 e. The van der Waals surface area contributed by atoms with E-state index in [0.29, 0.717) is 87.8 Å². The van der Waals surface area contributed by atoms with Crippen molar-refractivity contribution < 1.29 is 50.5 Å². The van der Waals surface area contributed by atoms with Crippen molar-refractivity contribution in [3.8, 4) is 11.1 Å². The van der Waals surface area contributed by atoms with Gasteiger partial charge >= 0.3 is 5.97 Å². The Hall–Kier alpha value is -5.06. The third-order valence-electron chi connectivity index (χ3n) is 9.65. The number of ketones is 1. The number of rotatable bonds is 26. The molecule has 0 bridgehead atoms. The van der Waals surface area contributed by atoms with E-state index in [1.807, 2.05) is 12.1 Å². The topological polar surface area (TPSA) is 253 Å². The van der Waals surface area contributed by atoms with Crippen LogP contribution in [0, 0.1) is 0 Å². The van der Waals surface area contributed by atoms with Gasteiger partial charge in [-0.1, -0.05) is 30.3 Å². The Balaban J connectivity index is 1.12. The zero-order valence-electron chi connectivity index (χ0n) is 33.2. The van der Waals surface area contributed by atoms with Gasteiger partial charge in [0.15, 0.2) is 5.78 Å². The first kappa shape index (κ1) is 46.0. The van der Waals surface area contributed by atoms with Crippen LogP contribution in [-0.4, -0.2) is 134 Å². The molecule has 1 amide bonds. The number of imidazole rings is 1. The third kappa shape index (κ3) is 12.7. The number of hydrogen-bond acceptors (Lipinski definition) is 13. The summed E-state index contributed by atoms with van der Waals surface area (Å²) in [5.74, 6) is -1.06. The van der Waals surface area contributed by atoms with Gasteiger partial charge in [-0.25, -0.2) is 26.5 Å². The Kier molecular flexibility index (Phi) is 16.9. The number of carbonyl (C=O) groups excluding carboxylic acids is 2. The lowest BCUT2D eigenvalue weighted by Gasteiger charge is -2.41. The molecule has 20 heteroatoms. The van der Waals surface area contributed by atoms with Crippen LogP contribution in [0.1, 0.15) is 41.0 Å². The first-order valence-electron chi connectivity index (χ1n) is 19.3. The quantitative estimate of drug-likeness (QED) is 0.0447. The molecule has 2 unspecified atom stereocenters. The number of aromatic nitrogens is 2. The van der Waals surface area contributed by atoms with Gasteiger partial charge in [0.1, 0.15) is 18.0 Å². The summed E-state index contributed by atoms with van der Waals surface area (Å²) in [5, 5.41) is 10.1. The number of carbonyl (C=O) groups is 3. The SMILES string of the molecule is CN1c2cc(Cc3ncc[nH]3)ccc2C(=O)CC1N(C=O)CC(NS(=O)(=O)c1ccc(-c2ccc(S(=O)(=O)NCCCOCCOCCOCCCN)cc2)cc1)C(=O)O. The van der Waals surface area contributed by atoms with Crippen LogP contribution < -0.4 is 20.1 Å². The smallest absolute Gasteiger partial charge is 0.323 e. The number of hydrogen-bond donors (Lipinski definition) is 5. The summed E-state index contributed by atoms with van der Waals surface area (Å²) >= 11 is 0. The highest BCUT2D eigenvalue weighted by Gasteiger charge is 2.36. The molecule has 1 aromatic heterocycles. The van der Waals surface area contributed by atoms with Crippen molar-refractivity contribution in [2.24, 2.45) is 5.73 Å². The second kappa shape index (κ2) is 22.0. The summed E-state index contributed by atoms with van der Waals surface area (Å²) in [6.07, 6.45) is 4.43. The van der Waals surface area contributed by atoms with Gasteiger partial charge in [0.25, 0.3) is 0 Å². The van der Waals surface area contributed by atoms with Gasteiger partial charge in [-0.15, -0.1) is 0 Å². The maximum Gasteiger partial charge on any atom is 0.323 e. The van der Waals surface area contributed by atoms with Crippen molar-refractivity contribution in [3.63, 3.8) is 0 Å². The molecule has 3 aromatic carbocycles. The van der Waals surface area contributed by atoms with Crippen molar-refractivity contribution in [3.05, 3.63) is 96.1 Å². The van der Waals surface area contributed by atoms with Crippen LogP contribution in [0.4, 0.5) is 5.69 Å². The number of fused-ring (bicyclic) bond motifs is 1. The van der Waals surface area contributed by atoms with Crippen LogP contribution in [0.3, 0.4) is 0 Å². The van der Waals surface area contributed by atoms with Crippen molar-refractivity contribution in [2.75, 3.05) is 71.2 Å². The number of anilines is 1. The molecule has 0 aliphatic carbocycles. The molecule has 1 aliphatic heterocycles. The number of aromatic amines is 1. The molecule has 6 N–H and O–H groups in total. The van der Waals surface area contributed by atoms with E-state index in [-0.39, 0.29) is 28.5 Å². The Morgan fingerprint density at radius 1 is 0.933 bits per heavy atom. The number of carboxylic acids is 1. The number of nitrogens with two attached hydrogens (primary N) is 1. The van der Waals surface area contributed by atoms with Gasteiger partial charge in [-0.2, -0.15) is 4.72 Å². The molecule has 0 spiro atoms. The highest BCUT2D eigenvalue weighted by atomic mass is 32.2. The Bertz CT molecular complexity index is 2240. The van der Waals surface area contributed by atoms with Crippen LogP contribution >= 0.6 is 0 Å². The number of aliphatic carboxylic acids is 1. The average molecular weight is 870 g/mol. The molecule has 1 aliphatic rings. The Morgan fingerprint density at radius 2 is 1.53 bits per heavy atom. The van der Waals surface area contributed by atoms with Crippen LogP contribution in [0.25, 0.3) is 11.1 Å². The van der Waals surface area contributed by atoms with E-state index < -0.39 is 44.8 Å². The van der Waals surface area contributed by atoms with Crippen molar-refractivity contribution in [1.29, 1.82) is 0 Å². The van der Waals surface area contributed by atoms with Gasteiger partial charge in [-0.05, 0) is 72.5 Å². The molecule has 2 heterocycles. The molecule has 4 aromatic rings. The van der Waals surface area contributed by atoms with E-state index in [0.717, 1.165) is 22.7 Å². The minimum atomic E-state index is -4.42. The third-order valence-corrected chi connectivity index (χ3v) is 12.6. The minimum absolute atomic E-state index is 0.0459. The number of sulfonamides is 2. The predicted octanol–water partition coefficient (Wildman–Crippen LogP) is 1.97. The van der Waals surface area contributed by atoms with Crippen LogP contribution in [0.2, 0.25) is 0 Å². The maximum absolute atomic E-state index is 13.4. The van der Waals surface area contributed by atoms with E-state index >= 15 is 0 Å². The molecule has 18 nitrogen and oxygen atoms in total. The van der Waals surface area contributed by atoms with Crippen molar-refractivity contribution in [2.45, 2.75) is 47.7 Å². The zero-order chi connectivity index (χ0) is 43.1.